The number of amides is 1. The molecule has 0 aliphatic carbocycles. The molecule has 0 aliphatic rings. The van der Waals surface area contributed by atoms with E-state index in [-0.39, 0.29) is 5.91 Å². The van der Waals surface area contributed by atoms with Crippen molar-refractivity contribution in [3.05, 3.63) is 53.2 Å². The number of carbonyl (C=O) groups is 1. The number of hydrogen-bond acceptors (Lipinski definition) is 3. The second-order valence-corrected chi connectivity index (χ2v) is 4.67. The molecule has 0 spiro atoms. The highest BCUT2D eigenvalue weighted by Crippen LogP contribution is 2.22. The predicted octanol–water partition coefficient (Wildman–Crippen LogP) is 3.81. The number of nitrogens with one attached hydrogen (secondary N) is 2. The molecule has 0 saturated carbocycles. The van der Waals surface area contributed by atoms with Gasteiger partial charge in [-0.1, -0.05) is 30.7 Å². The van der Waals surface area contributed by atoms with Crippen LogP contribution in [0.1, 0.15) is 23.7 Å². The van der Waals surface area contributed by atoms with Gasteiger partial charge in [0.15, 0.2) is 0 Å². The molecule has 104 valence electrons. The third-order valence-corrected chi connectivity index (χ3v) is 3.05. The first-order chi connectivity index (χ1) is 9.72. The fourth-order valence-electron chi connectivity index (χ4n) is 1.73. The molecule has 0 radical (unpaired) electrons. The molecule has 1 aromatic heterocycles. The maximum atomic E-state index is 12.3. The lowest BCUT2D eigenvalue weighted by atomic mass is 10.2. The summed E-state index contributed by atoms with van der Waals surface area (Å²) < 4.78 is 0. The molecular weight excluding hydrogens is 274 g/mol. The Labute approximate surface area is 123 Å². The van der Waals surface area contributed by atoms with Crippen LogP contribution in [0, 0.1) is 0 Å². The zero-order valence-electron chi connectivity index (χ0n) is 11.2. The summed E-state index contributed by atoms with van der Waals surface area (Å²) in [7, 11) is 0. The van der Waals surface area contributed by atoms with Gasteiger partial charge in [-0.3, -0.25) is 4.79 Å². The summed E-state index contributed by atoms with van der Waals surface area (Å²) in [6.45, 7) is 2.82. The van der Waals surface area contributed by atoms with Crippen molar-refractivity contribution in [3.8, 4) is 0 Å². The maximum Gasteiger partial charge on any atom is 0.259 e. The number of aromatic nitrogens is 1. The Hall–Kier alpha value is -2.07. The lowest BCUT2D eigenvalue weighted by Gasteiger charge is -2.11. The summed E-state index contributed by atoms with van der Waals surface area (Å²) in [6.07, 6.45) is 2.62. The lowest BCUT2D eigenvalue weighted by Crippen LogP contribution is -2.16. The predicted molar refractivity (Wildman–Crippen MR) is 82.4 cm³/mol. The van der Waals surface area contributed by atoms with Gasteiger partial charge >= 0.3 is 0 Å². The van der Waals surface area contributed by atoms with Crippen LogP contribution in [0.5, 0.6) is 0 Å². The minimum Gasteiger partial charge on any atom is -0.369 e. The van der Waals surface area contributed by atoms with Crippen molar-refractivity contribution in [2.75, 3.05) is 17.2 Å². The first-order valence-electron chi connectivity index (χ1n) is 6.47. The Morgan fingerprint density at radius 3 is 2.80 bits per heavy atom. The molecule has 4 nitrogen and oxygen atoms in total. The number of carbonyl (C=O) groups excluding carboxylic acids is 1. The molecule has 2 aromatic rings. The van der Waals surface area contributed by atoms with Gasteiger partial charge in [0.25, 0.3) is 5.91 Å². The molecule has 5 heteroatoms. The first-order valence-corrected chi connectivity index (χ1v) is 6.85. The minimum atomic E-state index is -0.232. The summed E-state index contributed by atoms with van der Waals surface area (Å²) in [5.41, 5.74) is 1.09. The van der Waals surface area contributed by atoms with E-state index in [1.165, 1.54) is 0 Å². The van der Waals surface area contributed by atoms with E-state index in [0.29, 0.717) is 22.1 Å². The Balaban J connectivity index is 2.19. The third-order valence-electron chi connectivity index (χ3n) is 2.72. The van der Waals surface area contributed by atoms with Crippen molar-refractivity contribution in [1.82, 2.24) is 4.98 Å². The summed E-state index contributed by atoms with van der Waals surface area (Å²) in [4.78, 5) is 16.5. The molecule has 0 saturated heterocycles. The number of para-hydroxylation sites is 1. The molecule has 0 atom stereocenters. The molecule has 0 fully saturated rings. The Bertz CT molecular complexity index is 601. The van der Waals surface area contributed by atoms with Crippen molar-refractivity contribution < 1.29 is 4.79 Å². The smallest absolute Gasteiger partial charge is 0.259 e. The molecule has 2 N–H and O–H groups in total. The van der Waals surface area contributed by atoms with Crippen LogP contribution in [0.3, 0.4) is 0 Å². The van der Waals surface area contributed by atoms with Gasteiger partial charge < -0.3 is 10.6 Å². The first kappa shape index (κ1) is 14.3. The third kappa shape index (κ3) is 3.48. The van der Waals surface area contributed by atoms with Gasteiger partial charge in [-0.25, -0.2) is 4.98 Å². The van der Waals surface area contributed by atoms with E-state index >= 15 is 0 Å². The summed E-state index contributed by atoms with van der Waals surface area (Å²) in [5, 5.41) is 6.44. The van der Waals surface area contributed by atoms with Gasteiger partial charge in [-0.2, -0.15) is 0 Å². The molecule has 20 heavy (non-hydrogen) atoms. The van der Waals surface area contributed by atoms with Crippen molar-refractivity contribution >= 4 is 29.0 Å². The van der Waals surface area contributed by atoms with Gasteiger partial charge in [0.05, 0.1) is 16.3 Å². The van der Waals surface area contributed by atoms with Crippen molar-refractivity contribution in [1.29, 1.82) is 0 Å². The molecule has 2 rings (SSSR count). The van der Waals surface area contributed by atoms with E-state index in [0.717, 1.165) is 13.0 Å². The highest BCUT2D eigenvalue weighted by atomic mass is 35.5. The number of rotatable bonds is 5. The lowest BCUT2D eigenvalue weighted by molar-refractivity contribution is 0.102. The van der Waals surface area contributed by atoms with Crippen molar-refractivity contribution in [2.24, 2.45) is 0 Å². The Morgan fingerprint density at radius 1 is 1.25 bits per heavy atom. The fourth-order valence-corrected chi connectivity index (χ4v) is 1.91. The summed E-state index contributed by atoms with van der Waals surface area (Å²) in [6, 6.07) is 10.6. The SMILES string of the molecule is CCCNc1ncccc1C(=O)Nc1ccccc1Cl. The van der Waals surface area contributed by atoms with Crippen LogP contribution in [0.25, 0.3) is 0 Å². The van der Waals surface area contributed by atoms with Crippen molar-refractivity contribution in [3.63, 3.8) is 0 Å². The van der Waals surface area contributed by atoms with Crippen LogP contribution in [0.2, 0.25) is 5.02 Å². The number of benzene rings is 1. The standard InChI is InChI=1S/C15H16ClN3O/c1-2-9-17-14-11(6-5-10-18-14)15(20)19-13-8-4-3-7-12(13)16/h3-8,10H,2,9H2,1H3,(H,17,18)(H,19,20). The van der Waals surface area contributed by atoms with Gasteiger partial charge in [0.1, 0.15) is 5.82 Å². The average Bonchev–Trinajstić information content (AvgIpc) is 2.47. The Kier molecular flexibility index (Phi) is 4.96. The van der Waals surface area contributed by atoms with Gasteiger partial charge in [-0.15, -0.1) is 0 Å². The van der Waals surface area contributed by atoms with Gasteiger partial charge in [0, 0.05) is 12.7 Å². The normalized spacial score (nSPS) is 10.1. The molecule has 0 aliphatic heterocycles. The second-order valence-electron chi connectivity index (χ2n) is 4.26. The van der Waals surface area contributed by atoms with Gasteiger partial charge in [0.2, 0.25) is 0 Å². The van der Waals surface area contributed by atoms with Crippen LogP contribution in [0.15, 0.2) is 42.6 Å². The number of hydrogen-bond donors (Lipinski definition) is 2. The zero-order valence-corrected chi connectivity index (χ0v) is 11.9. The van der Waals surface area contributed by atoms with Gasteiger partial charge in [-0.05, 0) is 30.7 Å². The monoisotopic (exact) mass is 289 g/mol. The second kappa shape index (κ2) is 6.91. The highest BCUT2D eigenvalue weighted by molar-refractivity contribution is 6.34. The number of anilines is 2. The van der Waals surface area contributed by atoms with Crippen LogP contribution in [-0.4, -0.2) is 17.4 Å². The van der Waals surface area contributed by atoms with E-state index in [2.05, 4.69) is 22.5 Å². The van der Waals surface area contributed by atoms with Crippen LogP contribution < -0.4 is 10.6 Å². The van der Waals surface area contributed by atoms with Crippen molar-refractivity contribution in [2.45, 2.75) is 13.3 Å². The number of nitrogens with zero attached hydrogens (tertiary/aromatic N) is 1. The largest absolute Gasteiger partial charge is 0.369 e. The molecule has 0 unspecified atom stereocenters. The topological polar surface area (TPSA) is 54.0 Å². The molecular formula is C15H16ClN3O. The van der Waals surface area contributed by atoms with E-state index in [1.54, 1.807) is 30.5 Å². The quantitative estimate of drug-likeness (QED) is 0.880. The van der Waals surface area contributed by atoms with Crippen LogP contribution >= 0.6 is 11.6 Å². The van der Waals surface area contributed by atoms with E-state index in [1.807, 2.05) is 12.1 Å². The zero-order chi connectivity index (χ0) is 14.4. The molecule has 1 aromatic carbocycles. The average molecular weight is 290 g/mol. The van der Waals surface area contributed by atoms with E-state index in [9.17, 15) is 4.79 Å². The molecule has 1 heterocycles. The van der Waals surface area contributed by atoms with E-state index in [4.69, 9.17) is 11.6 Å². The fraction of sp³-hybridized carbons (Fsp3) is 0.200. The van der Waals surface area contributed by atoms with Crippen LogP contribution in [-0.2, 0) is 0 Å². The van der Waals surface area contributed by atoms with Crippen LogP contribution in [0.4, 0.5) is 11.5 Å². The summed E-state index contributed by atoms with van der Waals surface area (Å²) in [5.74, 6) is 0.351. The number of pyridine rings is 1. The molecule has 1 amide bonds. The summed E-state index contributed by atoms with van der Waals surface area (Å²) >= 11 is 6.03. The Morgan fingerprint density at radius 2 is 2.05 bits per heavy atom. The highest BCUT2D eigenvalue weighted by Gasteiger charge is 2.13. The van der Waals surface area contributed by atoms with E-state index < -0.39 is 0 Å². The minimum absolute atomic E-state index is 0.232. The molecule has 0 bridgehead atoms. The number of halogens is 1. The maximum absolute atomic E-state index is 12.3.